The zero-order valence-electron chi connectivity index (χ0n) is 32.8. The topological polar surface area (TPSA) is 173 Å². The number of hydrogen-bond donors (Lipinski definition) is 3. The molecule has 0 saturated carbocycles. The number of likely N-dealkylation sites (tertiary alicyclic amines) is 2. The SMILES string of the molecule is COc1cc(C(=O)C(N2CCC(CCN3CCC(Nc4nc5ccccc5n4Cc4ccccc4C(=O)O)CC3)(c3ccccc3)C2)S(=O)(=O)O)cc(OC)c1OC. The van der Waals surface area contributed by atoms with Crippen molar-refractivity contribution in [1.82, 2.24) is 19.4 Å². The van der Waals surface area contributed by atoms with E-state index in [2.05, 4.69) is 10.2 Å². The molecule has 7 rings (SSSR count). The summed E-state index contributed by atoms with van der Waals surface area (Å²) in [6.07, 6.45) is 3.01. The third-order valence-electron chi connectivity index (χ3n) is 11.6. The van der Waals surface area contributed by atoms with Crippen molar-refractivity contribution in [3.63, 3.8) is 0 Å². The summed E-state index contributed by atoms with van der Waals surface area (Å²) in [5, 5.41) is 11.7. The summed E-state index contributed by atoms with van der Waals surface area (Å²) in [5.41, 5.74) is 3.28. The van der Waals surface area contributed by atoms with Crippen molar-refractivity contribution in [3.05, 3.63) is 113 Å². The second-order valence-corrected chi connectivity index (χ2v) is 16.5. The molecular formula is C43H49N5O9S. The third kappa shape index (κ3) is 8.39. The Labute approximate surface area is 338 Å². The van der Waals surface area contributed by atoms with Gasteiger partial charge in [-0.25, -0.2) is 9.78 Å². The molecule has 3 heterocycles. The van der Waals surface area contributed by atoms with Crippen LogP contribution in [0, 0.1) is 0 Å². The number of methoxy groups -OCH3 is 3. The Morgan fingerprint density at radius 3 is 2.21 bits per heavy atom. The van der Waals surface area contributed by atoms with Crippen molar-refractivity contribution in [3.8, 4) is 17.2 Å². The van der Waals surface area contributed by atoms with Gasteiger partial charge in [-0.3, -0.25) is 14.2 Å². The van der Waals surface area contributed by atoms with Gasteiger partial charge in [0, 0.05) is 43.2 Å². The number of nitrogens with zero attached hydrogens (tertiary/aromatic N) is 4. The molecule has 3 N–H and O–H groups in total. The van der Waals surface area contributed by atoms with Gasteiger partial charge in [-0.15, -0.1) is 0 Å². The minimum Gasteiger partial charge on any atom is -0.493 e. The Balaban J connectivity index is 1.05. The number of fused-ring (bicyclic) bond motifs is 1. The van der Waals surface area contributed by atoms with Gasteiger partial charge in [0.2, 0.25) is 17.1 Å². The van der Waals surface area contributed by atoms with Gasteiger partial charge in [0.15, 0.2) is 17.3 Å². The Hall–Kier alpha value is -5.48. The first-order chi connectivity index (χ1) is 27.9. The van der Waals surface area contributed by atoms with Crippen molar-refractivity contribution in [2.24, 2.45) is 0 Å². The zero-order chi connectivity index (χ0) is 41.0. The summed E-state index contributed by atoms with van der Waals surface area (Å²) >= 11 is 0. The minimum atomic E-state index is -4.87. The van der Waals surface area contributed by atoms with E-state index in [9.17, 15) is 27.7 Å². The van der Waals surface area contributed by atoms with Gasteiger partial charge in [-0.2, -0.15) is 8.42 Å². The molecule has 2 aliphatic heterocycles. The number of piperidine rings is 1. The lowest BCUT2D eigenvalue weighted by Gasteiger charge is -2.37. The second kappa shape index (κ2) is 17.2. The Kier molecular flexibility index (Phi) is 12.0. The standard InChI is InChI=1S/C43H49N5O9S/c1-55-36-25-30(26-37(56-2)39(36)57-3)38(49)40(58(52,53)54)47-24-20-43(28-47,31-12-5-4-6-13-31)19-23-46-21-17-32(18-22-46)44-42-45-34-15-9-10-16-35(34)48(42)27-29-11-7-8-14-33(29)41(50)51/h4-16,25-26,32,40H,17-24,27-28H2,1-3H3,(H,44,45)(H,50,51)(H,52,53,54). The van der Waals surface area contributed by atoms with E-state index in [0.717, 1.165) is 49.1 Å². The number of carboxylic acid groups (broad SMARTS) is 1. The number of carbonyl (C=O) groups excluding carboxylic acids is 1. The average molecular weight is 812 g/mol. The predicted octanol–water partition coefficient (Wildman–Crippen LogP) is 5.82. The molecule has 58 heavy (non-hydrogen) atoms. The van der Waals surface area contributed by atoms with Gasteiger partial charge in [-0.1, -0.05) is 60.7 Å². The van der Waals surface area contributed by atoms with E-state index in [0.29, 0.717) is 30.9 Å². The number of carboxylic acids is 1. The maximum Gasteiger partial charge on any atom is 0.336 e. The van der Waals surface area contributed by atoms with Crippen molar-refractivity contribution in [2.75, 3.05) is 59.4 Å². The number of carbonyl (C=O) groups is 2. The summed E-state index contributed by atoms with van der Waals surface area (Å²) in [4.78, 5) is 35.0. The summed E-state index contributed by atoms with van der Waals surface area (Å²) in [6.45, 7) is 3.27. The number of hydrogen-bond acceptors (Lipinski definition) is 11. The van der Waals surface area contributed by atoms with E-state index < -0.39 is 32.7 Å². The summed E-state index contributed by atoms with van der Waals surface area (Å²) in [7, 11) is -0.629. The quantitative estimate of drug-likeness (QED) is 0.0806. The number of imidazole rings is 1. The van der Waals surface area contributed by atoms with Crippen molar-refractivity contribution in [2.45, 2.75) is 49.1 Å². The average Bonchev–Trinajstić information content (AvgIpc) is 3.81. The number of aromatic carboxylic acids is 1. The van der Waals surface area contributed by atoms with E-state index in [-0.39, 0.29) is 47.5 Å². The highest BCUT2D eigenvalue weighted by atomic mass is 32.2. The fourth-order valence-corrected chi connectivity index (χ4v) is 9.54. The van der Waals surface area contributed by atoms with Crippen LogP contribution in [0.15, 0.2) is 91.0 Å². The normalized spacial score (nSPS) is 18.6. The third-order valence-corrected chi connectivity index (χ3v) is 12.7. The van der Waals surface area contributed by atoms with Crippen molar-refractivity contribution in [1.29, 1.82) is 0 Å². The molecule has 2 saturated heterocycles. The van der Waals surface area contributed by atoms with E-state index in [4.69, 9.17) is 19.2 Å². The molecule has 2 atom stereocenters. The number of ketones is 1. The fraction of sp³-hybridized carbons (Fsp3) is 0.372. The molecule has 4 aromatic carbocycles. The summed E-state index contributed by atoms with van der Waals surface area (Å²) in [6, 6.07) is 27.8. The van der Waals surface area contributed by atoms with Gasteiger partial charge < -0.3 is 34.1 Å². The minimum absolute atomic E-state index is 0.00598. The van der Waals surface area contributed by atoms with Crippen molar-refractivity contribution < 1.29 is 41.9 Å². The largest absolute Gasteiger partial charge is 0.493 e. The van der Waals surface area contributed by atoms with Crippen LogP contribution < -0.4 is 19.5 Å². The van der Waals surface area contributed by atoms with E-state index in [1.54, 1.807) is 17.0 Å². The molecule has 2 aliphatic rings. The lowest BCUT2D eigenvalue weighted by molar-refractivity contribution is 0.0695. The lowest BCUT2D eigenvalue weighted by atomic mass is 9.76. The monoisotopic (exact) mass is 811 g/mol. The van der Waals surface area contributed by atoms with Gasteiger partial charge in [0.1, 0.15) is 0 Å². The fourth-order valence-electron chi connectivity index (χ4n) is 8.57. The Morgan fingerprint density at radius 2 is 1.55 bits per heavy atom. The molecule has 0 spiro atoms. The first kappa shape index (κ1) is 40.7. The number of para-hydroxylation sites is 2. The first-order valence-corrected chi connectivity index (χ1v) is 20.8. The molecular weight excluding hydrogens is 763 g/mol. The number of rotatable bonds is 16. The van der Waals surface area contributed by atoms with Gasteiger partial charge >= 0.3 is 5.97 Å². The highest BCUT2D eigenvalue weighted by molar-refractivity contribution is 7.87. The van der Waals surface area contributed by atoms with Crippen LogP contribution in [-0.4, -0.2) is 115 Å². The molecule has 2 fully saturated rings. The van der Waals surface area contributed by atoms with Crippen molar-refractivity contribution >= 4 is 38.9 Å². The molecule has 0 radical (unpaired) electrons. The van der Waals surface area contributed by atoms with Crippen LogP contribution >= 0.6 is 0 Å². The molecule has 0 amide bonds. The van der Waals surface area contributed by atoms with Crippen LogP contribution in [0.3, 0.4) is 0 Å². The van der Waals surface area contributed by atoms with Gasteiger partial charge in [-0.05, 0) is 73.7 Å². The molecule has 306 valence electrons. The Bertz CT molecular complexity index is 2360. The van der Waals surface area contributed by atoms with Crippen LogP contribution in [0.1, 0.15) is 57.5 Å². The number of anilines is 1. The second-order valence-electron chi connectivity index (χ2n) is 15.0. The molecule has 14 nitrogen and oxygen atoms in total. The highest BCUT2D eigenvalue weighted by Gasteiger charge is 2.47. The number of aromatic nitrogens is 2. The molecule has 0 bridgehead atoms. The molecule has 1 aromatic heterocycles. The zero-order valence-corrected chi connectivity index (χ0v) is 33.7. The van der Waals surface area contributed by atoms with Crippen LogP contribution in [0.5, 0.6) is 17.2 Å². The van der Waals surface area contributed by atoms with Crippen LogP contribution in [-0.2, 0) is 22.1 Å². The van der Waals surface area contributed by atoms with E-state index >= 15 is 0 Å². The summed E-state index contributed by atoms with van der Waals surface area (Å²) < 4.78 is 54.9. The van der Waals surface area contributed by atoms with Crippen LogP contribution in [0.2, 0.25) is 0 Å². The molecule has 0 aliphatic carbocycles. The highest BCUT2D eigenvalue weighted by Crippen LogP contribution is 2.42. The maximum atomic E-state index is 14.1. The smallest absolute Gasteiger partial charge is 0.336 e. The van der Waals surface area contributed by atoms with E-state index in [1.165, 1.54) is 33.5 Å². The lowest BCUT2D eigenvalue weighted by Crippen LogP contribution is -2.47. The summed E-state index contributed by atoms with van der Waals surface area (Å²) in [5.74, 6) is -0.420. The number of ether oxygens (including phenoxy) is 3. The first-order valence-electron chi connectivity index (χ1n) is 19.3. The predicted molar refractivity (Wildman–Crippen MR) is 220 cm³/mol. The van der Waals surface area contributed by atoms with Crippen LogP contribution in [0.4, 0.5) is 5.95 Å². The number of Topliss-reactive ketones (excluding diaryl/α,β-unsaturated/α-hetero) is 1. The molecule has 2 unspecified atom stereocenters. The molecule has 5 aromatic rings. The van der Waals surface area contributed by atoms with Gasteiger partial charge in [0.05, 0.1) is 44.5 Å². The maximum absolute atomic E-state index is 14.1. The number of nitrogens with one attached hydrogen (secondary N) is 1. The van der Waals surface area contributed by atoms with E-state index in [1.807, 2.05) is 71.3 Å². The van der Waals surface area contributed by atoms with Crippen LogP contribution in [0.25, 0.3) is 11.0 Å². The molecule has 15 heteroatoms. The number of benzene rings is 4. The Morgan fingerprint density at radius 1 is 0.897 bits per heavy atom. The van der Waals surface area contributed by atoms with Gasteiger partial charge in [0.25, 0.3) is 10.1 Å².